The lowest BCUT2D eigenvalue weighted by Crippen LogP contribution is -2.58. The van der Waals surface area contributed by atoms with Crippen molar-refractivity contribution < 1.29 is 4.74 Å². The van der Waals surface area contributed by atoms with Crippen LogP contribution in [0.25, 0.3) is 11.4 Å². The SMILES string of the molecule is c1ccc(-c2ncc(N3CC4CNCC(C3)O4)cn2)cc1. The predicted molar refractivity (Wildman–Crippen MR) is 81.2 cm³/mol. The first-order valence-corrected chi connectivity index (χ1v) is 7.37. The summed E-state index contributed by atoms with van der Waals surface area (Å²) in [6.45, 7) is 3.65. The highest BCUT2D eigenvalue weighted by Gasteiger charge is 2.31. The van der Waals surface area contributed by atoms with Gasteiger partial charge in [0.25, 0.3) is 0 Å². The van der Waals surface area contributed by atoms with Crippen LogP contribution in [0.2, 0.25) is 0 Å². The van der Waals surface area contributed by atoms with E-state index in [1.54, 1.807) is 0 Å². The topological polar surface area (TPSA) is 50.3 Å². The third kappa shape index (κ3) is 2.62. The van der Waals surface area contributed by atoms with Crippen LogP contribution in [0.5, 0.6) is 0 Å². The second kappa shape index (κ2) is 5.42. The summed E-state index contributed by atoms with van der Waals surface area (Å²) in [6, 6.07) is 10.1. The molecule has 1 aromatic carbocycles. The molecule has 0 spiro atoms. The molecule has 2 unspecified atom stereocenters. The van der Waals surface area contributed by atoms with E-state index in [0.29, 0.717) is 0 Å². The van der Waals surface area contributed by atoms with E-state index >= 15 is 0 Å². The largest absolute Gasteiger partial charge is 0.369 e. The number of benzene rings is 1. The van der Waals surface area contributed by atoms with Gasteiger partial charge in [-0.25, -0.2) is 9.97 Å². The van der Waals surface area contributed by atoms with E-state index in [-0.39, 0.29) is 12.2 Å². The minimum atomic E-state index is 0.270. The predicted octanol–water partition coefficient (Wildman–Crippen LogP) is 1.32. The van der Waals surface area contributed by atoms with Crippen LogP contribution in [-0.4, -0.2) is 48.4 Å². The van der Waals surface area contributed by atoms with Crippen LogP contribution in [0.15, 0.2) is 42.7 Å². The van der Waals surface area contributed by atoms with E-state index in [4.69, 9.17) is 4.74 Å². The summed E-state index contributed by atoms with van der Waals surface area (Å²) in [6.07, 6.45) is 4.38. The van der Waals surface area contributed by atoms with Crippen LogP contribution in [-0.2, 0) is 4.74 Å². The lowest BCUT2D eigenvalue weighted by Gasteiger charge is -2.42. The zero-order valence-corrected chi connectivity index (χ0v) is 11.8. The van der Waals surface area contributed by atoms with Crippen molar-refractivity contribution in [3.8, 4) is 11.4 Å². The van der Waals surface area contributed by atoms with Gasteiger partial charge in [-0.05, 0) is 0 Å². The van der Waals surface area contributed by atoms with Gasteiger partial charge in [0.2, 0.25) is 0 Å². The van der Waals surface area contributed by atoms with Gasteiger partial charge in [0.05, 0.1) is 30.3 Å². The van der Waals surface area contributed by atoms with Gasteiger partial charge in [-0.2, -0.15) is 0 Å². The molecular weight excluding hydrogens is 264 g/mol. The first-order chi connectivity index (χ1) is 10.4. The van der Waals surface area contributed by atoms with Gasteiger partial charge in [-0.1, -0.05) is 30.3 Å². The van der Waals surface area contributed by atoms with Crippen LogP contribution in [0.4, 0.5) is 5.69 Å². The highest BCUT2D eigenvalue weighted by molar-refractivity contribution is 5.56. The lowest BCUT2D eigenvalue weighted by atomic mass is 10.1. The van der Waals surface area contributed by atoms with Crippen molar-refractivity contribution in [2.24, 2.45) is 0 Å². The number of hydrogen-bond donors (Lipinski definition) is 1. The number of nitrogens with zero attached hydrogens (tertiary/aromatic N) is 3. The Morgan fingerprint density at radius 1 is 1.00 bits per heavy atom. The molecule has 0 saturated carbocycles. The summed E-state index contributed by atoms with van der Waals surface area (Å²) in [5.74, 6) is 0.773. The first-order valence-electron chi connectivity index (χ1n) is 7.37. The molecule has 0 radical (unpaired) electrons. The van der Waals surface area contributed by atoms with E-state index in [9.17, 15) is 0 Å². The van der Waals surface area contributed by atoms with E-state index in [0.717, 1.165) is 43.3 Å². The fraction of sp³-hybridized carbons (Fsp3) is 0.375. The molecular formula is C16H18N4O. The van der Waals surface area contributed by atoms with Gasteiger partial charge < -0.3 is 15.0 Å². The molecule has 2 bridgehead atoms. The van der Waals surface area contributed by atoms with Crippen LogP contribution in [0, 0.1) is 0 Å². The Labute approximate surface area is 124 Å². The molecule has 1 aromatic heterocycles. The van der Waals surface area contributed by atoms with E-state index in [1.165, 1.54) is 0 Å². The molecule has 5 heteroatoms. The molecule has 0 amide bonds. The van der Waals surface area contributed by atoms with Crippen LogP contribution < -0.4 is 10.2 Å². The third-order valence-electron chi connectivity index (χ3n) is 4.01. The van der Waals surface area contributed by atoms with Crippen molar-refractivity contribution in [2.75, 3.05) is 31.1 Å². The molecule has 2 aliphatic heterocycles. The first kappa shape index (κ1) is 12.7. The van der Waals surface area contributed by atoms with Gasteiger partial charge in [-0.3, -0.25) is 0 Å². The van der Waals surface area contributed by atoms with Crippen molar-refractivity contribution in [3.05, 3.63) is 42.7 Å². The molecule has 5 nitrogen and oxygen atoms in total. The van der Waals surface area contributed by atoms with Crippen LogP contribution in [0.1, 0.15) is 0 Å². The van der Waals surface area contributed by atoms with E-state index < -0.39 is 0 Å². The van der Waals surface area contributed by atoms with E-state index in [1.807, 2.05) is 42.7 Å². The fourth-order valence-corrected chi connectivity index (χ4v) is 2.99. The van der Waals surface area contributed by atoms with E-state index in [2.05, 4.69) is 20.2 Å². The maximum Gasteiger partial charge on any atom is 0.159 e. The minimum absolute atomic E-state index is 0.270. The fourth-order valence-electron chi connectivity index (χ4n) is 2.99. The summed E-state index contributed by atoms with van der Waals surface area (Å²) in [5, 5.41) is 3.41. The number of hydrogen-bond acceptors (Lipinski definition) is 5. The minimum Gasteiger partial charge on any atom is -0.369 e. The van der Waals surface area contributed by atoms with Gasteiger partial charge in [0.15, 0.2) is 5.82 Å². The zero-order chi connectivity index (χ0) is 14.1. The van der Waals surface area contributed by atoms with Crippen molar-refractivity contribution >= 4 is 5.69 Å². The quantitative estimate of drug-likeness (QED) is 0.900. The average Bonchev–Trinajstić information content (AvgIpc) is 2.55. The van der Waals surface area contributed by atoms with Crippen LogP contribution in [0.3, 0.4) is 0 Å². The summed E-state index contributed by atoms with van der Waals surface area (Å²) < 4.78 is 5.92. The Bertz CT molecular complexity index is 589. The van der Waals surface area contributed by atoms with Crippen molar-refractivity contribution in [1.82, 2.24) is 15.3 Å². The number of fused-ring (bicyclic) bond motifs is 2. The van der Waals surface area contributed by atoms with Gasteiger partial charge in [0, 0.05) is 31.7 Å². The normalized spacial score (nSPS) is 24.9. The summed E-state index contributed by atoms with van der Waals surface area (Å²) in [5.41, 5.74) is 2.13. The second-order valence-electron chi connectivity index (χ2n) is 5.57. The summed E-state index contributed by atoms with van der Waals surface area (Å²) in [7, 11) is 0. The molecule has 108 valence electrons. The molecule has 0 aliphatic carbocycles. The van der Waals surface area contributed by atoms with Gasteiger partial charge in [0.1, 0.15) is 0 Å². The molecule has 2 aliphatic rings. The smallest absolute Gasteiger partial charge is 0.159 e. The Hall–Kier alpha value is -1.98. The summed E-state index contributed by atoms with van der Waals surface area (Å²) in [4.78, 5) is 11.3. The van der Waals surface area contributed by atoms with Gasteiger partial charge in [-0.15, -0.1) is 0 Å². The third-order valence-corrected chi connectivity index (χ3v) is 4.01. The number of morpholine rings is 2. The van der Waals surface area contributed by atoms with Crippen molar-refractivity contribution in [3.63, 3.8) is 0 Å². The number of rotatable bonds is 2. The zero-order valence-electron chi connectivity index (χ0n) is 11.8. The Balaban J connectivity index is 1.54. The highest BCUT2D eigenvalue weighted by atomic mass is 16.5. The molecule has 4 rings (SSSR count). The molecule has 2 saturated heterocycles. The maximum absolute atomic E-state index is 5.92. The molecule has 3 heterocycles. The number of anilines is 1. The van der Waals surface area contributed by atoms with Crippen molar-refractivity contribution in [2.45, 2.75) is 12.2 Å². The second-order valence-corrected chi connectivity index (χ2v) is 5.57. The number of ether oxygens (including phenoxy) is 1. The van der Waals surface area contributed by atoms with Crippen LogP contribution >= 0.6 is 0 Å². The monoisotopic (exact) mass is 282 g/mol. The molecule has 2 fully saturated rings. The Kier molecular flexibility index (Phi) is 3.29. The van der Waals surface area contributed by atoms with Crippen molar-refractivity contribution in [1.29, 1.82) is 0 Å². The summed E-state index contributed by atoms with van der Waals surface area (Å²) >= 11 is 0. The van der Waals surface area contributed by atoms with Gasteiger partial charge >= 0.3 is 0 Å². The standard InChI is InChI=1S/C16H18N4O/c1-2-4-12(5-3-1)16-18-6-13(7-19-16)20-10-14-8-17-9-15(11-20)21-14/h1-7,14-15,17H,8-11H2. The maximum atomic E-state index is 5.92. The number of nitrogens with one attached hydrogen (secondary N) is 1. The molecule has 2 aromatic rings. The Morgan fingerprint density at radius 3 is 2.33 bits per heavy atom. The molecule has 21 heavy (non-hydrogen) atoms. The lowest BCUT2D eigenvalue weighted by molar-refractivity contribution is -0.0484. The highest BCUT2D eigenvalue weighted by Crippen LogP contribution is 2.22. The molecule has 2 atom stereocenters. The average molecular weight is 282 g/mol. The molecule has 1 N–H and O–H groups in total. The number of aromatic nitrogens is 2. The Morgan fingerprint density at radius 2 is 1.67 bits per heavy atom.